The zero-order valence-corrected chi connectivity index (χ0v) is 12.9. The fourth-order valence-corrected chi connectivity index (χ4v) is 2.22. The van der Waals surface area contributed by atoms with Crippen molar-refractivity contribution in [3.63, 3.8) is 0 Å². The van der Waals surface area contributed by atoms with Gasteiger partial charge in [0.1, 0.15) is 0 Å². The van der Waals surface area contributed by atoms with Crippen molar-refractivity contribution >= 4 is 29.2 Å². The van der Waals surface area contributed by atoms with Gasteiger partial charge in [0, 0.05) is 37.3 Å². The van der Waals surface area contributed by atoms with E-state index in [1.165, 1.54) is 10.9 Å². The van der Waals surface area contributed by atoms with Gasteiger partial charge in [0.25, 0.3) is 0 Å². The van der Waals surface area contributed by atoms with Gasteiger partial charge in [0.2, 0.25) is 5.91 Å². The molecule has 21 heavy (non-hydrogen) atoms. The van der Waals surface area contributed by atoms with E-state index in [1.807, 2.05) is 24.4 Å². The van der Waals surface area contributed by atoms with Crippen molar-refractivity contribution in [2.45, 2.75) is 18.9 Å². The predicted octanol–water partition coefficient (Wildman–Crippen LogP) is 1.61. The summed E-state index contributed by atoms with van der Waals surface area (Å²) in [6, 6.07) is 8.14. The molecule has 1 aromatic carbocycles. The number of ether oxygens (including phenoxy) is 1. The first-order valence-electron chi connectivity index (χ1n) is 6.79. The Morgan fingerprint density at radius 3 is 2.90 bits per heavy atom. The summed E-state index contributed by atoms with van der Waals surface area (Å²) >= 11 is 0. The number of methoxy groups -OCH3 is 1. The van der Waals surface area contributed by atoms with Crippen molar-refractivity contribution in [3.8, 4) is 0 Å². The Labute approximate surface area is 130 Å². The van der Waals surface area contributed by atoms with Crippen molar-refractivity contribution in [2.75, 3.05) is 20.2 Å². The molecule has 1 amide bonds. The lowest BCUT2D eigenvalue weighted by Gasteiger charge is -2.12. The van der Waals surface area contributed by atoms with E-state index in [0.717, 1.165) is 11.9 Å². The van der Waals surface area contributed by atoms with Crippen LogP contribution in [-0.4, -0.2) is 37.2 Å². The Morgan fingerprint density at radius 1 is 1.43 bits per heavy atom. The first kappa shape index (κ1) is 17.5. The monoisotopic (exact) mass is 311 g/mol. The molecule has 0 fully saturated rings. The van der Waals surface area contributed by atoms with E-state index < -0.39 is 0 Å². The number of carbonyl (C=O) groups is 1. The second kappa shape index (κ2) is 8.67. The van der Waals surface area contributed by atoms with Crippen molar-refractivity contribution in [3.05, 3.63) is 36.0 Å². The van der Waals surface area contributed by atoms with Gasteiger partial charge < -0.3 is 20.8 Å². The molecule has 2 aromatic rings. The Balaban J connectivity index is 0.00000220. The van der Waals surface area contributed by atoms with E-state index in [-0.39, 0.29) is 24.4 Å². The molecule has 1 heterocycles. The van der Waals surface area contributed by atoms with E-state index in [1.54, 1.807) is 7.11 Å². The van der Waals surface area contributed by atoms with Gasteiger partial charge in [-0.3, -0.25) is 4.79 Å². The van der Waals surface area contributed by atoms with Crippen LogP contribution < -0.4 is 11.1 Å². The molecule has 116 valence electrons. The SMILES string of the molecule is COC(CN)CC(=O)NCCc1c[nH]c2ccccc12.Cl. The van der Waals surface area contributed by atoms with Crippen molar-refractivity contribution in [2.24, 2.45) is 5.73 Å². The lowest BCUT2D eigenvalue weighted by molar-refractivity contribution is -0.123. The van der Waals surface area contributed by atoms with Crippen molar-refractivity contribution in [1.82, 2.24) is 10.3 Å². The lowest BCUT2D eigenvalue weighted by Crippen LogP contribution is -2.33. The van der Waals surface area contributed by atoms with Gasteiger partial charge in [-0.25, -0.2) is 0 Å². The fraction of sp³-hybridized carbons (Fsp3) is 0.400. The number of carbonyl (C=O) groups excluding carboxylic acids is 1. The Hall–Kier alpha value is -1.56. The van der Waals surface area contributed by atoms with E-state index in [2.05, 4.69) is 16.4 Å². The molecule has 0 aliphatic carbocycles. The third-order valence-corrected chi connectivity index (χ3v) is 3.40. The Bertz CT molecular complexity index is 567. The minimum atomic E-state index is -0.205. The number of fused-ring (bicyclic) bond motifs is 1. The number of rotatable bonds is 7. The fourth-order valence-electron chi connectivity index (χ4n) is 2.22. The maximum Gasteiger partial charge on any atom is 0.222 e. The predicted molar refractivity (Wildman–Crippen MR) is 86.7 cm³/mol. The third kappa shape index (κ3) is 4.74. The molecular weight excluding hydrogens is 290 g/mol. The topological polar surface area (TPSA) is 80.1 Å². The van der Waals surface area contributed by atoms with Gasteiger partial charge in [-0.05, 0) is 18.1 Å². The summed E-state index contributed by atoms with van der Waals surface area (Å²) in [6.07, 6.45) is 2.90. The number of halogens is 1. The second-order valence-electron chi connectivity index (χ2n) is 4.76. The van der Waals surface area contributed by atoms with Crippen LogP contribution in [0.3, 0.4) is 0 Å². The number of nitrogens with one attached hydrogen (secondary N) is 2. The minimum absolute atomic E-state index is 0. The minimum Gasteiger partial charge on any atom is -0.380 e. The normalized spacial score (nSPS) is 11.9. The Kier molecular flexibility index (Phi) is 7.22. The summed E-state index contributed by atoms with van der Waals surface area (Å²) in [5.41, 5.74) is 7.82. The first-order chi connectivity index (χ1) is 9.74. The summed E-state index contributed by atoms with van der Waals surface area (Å²) in [5.74, 6) is -0.0258. The number of hydrogen-bond acceptors (Lipinski definition) is 3. The van der Waals surface area contributed by atoms with Crippen molar-refractivity contribution < 1.29 is 9.53 Å². The molecule has 0 radical (unpaired) electrons. The highest BCUT2D eigenvalue weighted by Gasteiger charge is 2.11. The molecule has 0 bridgehead atoms. The van der Waals surface area contributed by atoms with E-state index in [0.29, 0.717) is 19.5 Å². The third-order valence-electron chi connectivity index (χ3n) is 3.40. The number of para-hydroxylation sites is 1. The number of H-pyrrole nitrogens is 1. The number of aromatic amines is 1. The summed E-state index contributed by atoms with van der Waals surface area (Å²) in [6.45, 7) is 0.966. The molecular formula is C15H22ClN3O2. The Morgan fingerprint density at radius 2 is 2.19 bits per heavy atom. The molecule has 2 rings (SSSR count). The second-order valence-corrected chi connectivity index (χ2v) is 4.76. The van der Waals surface area contributed by atoms with Crippen LogP contribution in [-0.2, 0) is 16.0 Å². The maximum atomic E-state index is 11.7. The maximum absolute atomic E-state index is 11.7. The highest BCUT2D eigenvalue weighted by Crippen LogP contribution is 2.17. The molecule has 1 atom stereocenters. The lowest BCUT2D eigenvalue weighted by atomic mass is 10.1. The highest BCUT2D eigenvalue weighted by molar-refractivity contribution is 5.85. The number of hydrogen-bond donors (Lipinski definition) is 3. The number of benzene rings is 1. The van der Waals surface area contributed by atoms with Gasteiger partial charge >= 0.3 is 0 Å². The molecule has 0 spiro atoms. The van der Waals surface area contributed by atoms with Crippen LogP contribution in [0.4, 0.5) is 0 Å². The van der Waals surface area contributed by atoms with Gasteiger partial charge in [-0.15, -0.1) is 12.4 Å². The summed E-state index contributed by atoms with van der Waals surface area (Å²) in [7, 11) is 1.57. The van der Waals surface area contributed by atoms with Crippen LogP contribution in [0.5, 0.6) is 0 Å². The quantitative estimate of drug-likeness (QED) is 0.727. The van der Waals surface area contributed by atoms with Crippen LogP contribution in [0.15, 0.2) is 30.5 Å². The average Bonchev–Trinajstić information content (AvgIpc) is 2.88. The van der Waals surface area contributed by atoms with E-state index in [4.69, 9.17) is 10.5 Å². The zero-order valence-electron chi connectivity index (χ0n) is 12.1. The summed E-state index contributed by atoms with van der Waals surface area (Å²) in [5, 5.41) is 4.10. The van der Waals surface area contributed by atoms with Gasteiger partial charge in [0.15, 0.2) is 0 Å². The first-order valence-corrected chi connectivity index (χ1v) is 6.79. The molecule has 1 unspecified atom stereocenters. The van der Waals surface area contributed by atoms with Crippen LogP contribution in [0.2, 0.25) is 0 Å². The largest absolute Gasteiger partial charge is 0.380 e. The smallest absolute Gasteiger partial charge is 0.222 e. The van der Waals surface area contributed by atoms with Crippen LogP contribution in [0.1, 0.15) is 12.0 Å². The molecule has 0 saturated heterocycles. The standard InChI is InChI=1S/C15H21N3O2.ClH/c1-20-12(9-16)8-15(19)17-7-6-11-10-18-14-5-3-2-4-13(11)14;/h2-5,10,12,18H,6-9,16H2,1H3,(H,17,19);1H. The molecule has 0 aliphatic rings. The summed E-state index contributed by atoms with van der Waals surface area (Å²) in [4.78, 5) is 14.9. The highest BCUT2D eigenvalue weighted by atomic mass is 35.5. The van der Waals surface area contributed by atoms with Crippen LogP contribution in [0, 0.1) is 0 Å². The molecule has 5 nitrogen and oxygen atoms in total. The van der Waals surface area contributed by atoms with E-state index >= 15 is 0 Å². The molecule has 0 aliphatic heterocycles. The average molecular weight is 312 g/mol. The van der Waals surface area contributed by atoms with Gasteiger partial charge in [-0.1, -0.05) is 18.2 Å². The van der Waals surface area contributed by atoms with E-state index in [9.17, 15) is 4.79 Å². The number of aromatic nitrogens is 1. The molecule has 4 N–H and O–H groups in total. The van der Waals surface area contributed by atoms with Crippen LogP contribution in [0.25, 0.3) is 10.9 Å². The van der Waals surface area contributed by atoms with Gasteiger partial charge in [-0.2, -0.15) is 0 Å². The molecule has 6 heteroatoms. The molecule has 1 aromatic heterocycles. The van der Waals surface area contributed by atoms with Crippen LogP contribution >= 0.6 is 12.4 Å². The molecule has 0 saturated carbocycles. The zero-order chi connectivity index (χ0) is 14.4. The number of amides is 1. The summed E-state index contributed by atoms with van der Waals surface area (Å²) < 4.78 is 5.09. The van der Waals surface area contributed by atoms with Gasteiger partial charge in [0.05, 0.1) is 12.5 Å². The van der Waals surface area contributed by atoms with Crippen molar-refractivity contribution in [1.29, 1.82) is 0 Å². The number of nitrogens with two attached hydrogens (primary N) is 1.